The van der Waals surface area contributed by atoms with Crippen molar-refractivity contribution in [2.75, 3.05) is 6.54 Å². The van der Waals surface area contributed by atoms with E-state index >= 15 is 0 Å². The highest BCUT2D eigenvalue weighted by Gasteiger charge is 2.04. The molecule has 4 rings (SSSR count). The minimum atomic E-state index is 0.0715. The van der Waals surface area contributed by atoms with E-state index in [4.69, 9.17) is 21.7 Å². The van der Waals surface area contributed by atoms with Crippen molar-refractivity contribution in [2.24, 2.45) is 11.5 Å². The van der Waals surface area contributed by atoms with Crippen molar-refractivity contribution in [1.82, 2.24) is 0 Å². The van der Waals surface area contributed by atoms with Crippen molar-refractivity contribution in [1.29, 1.82) is 0 Å². The molecule has 0 aromatic heterocycles. The Morgan fingerprint density at radius 2 is 0.939 bits per heavy atom. The number of phenols is 4. The van der Waals surface area contributed by atoms with Gasteiger partial charge in [0.1, 0.15) is 23.0 Å². The van der Waals surface area contributed by atoms with E-state index in [0.717, 1.165) is 22.3 Å². The molecule has 6 nitrogen and oxygen atoms in total. The minimum absolute atomic E-state index is 0.0715. The van der Waals surface area contributed by atoms with Crippen LogP contribution in [0.4, 0.5) is 0 Å². The summed E-state index contributed by atoms with van der Waals surface area (Å²) in [4.78, 5) is 0. The lowest BCUT2D eigenvalue weighted by molar-refractivity contribution is 0.451. The molecule has 33 heavy (non-hydrogen) atoms. The van der Waals surface area contributed by atoms with E-state index < -0.39 is 0 Å². The maximum Gasteiger partial charge on any atom is 0.127 e. The molecule has 0 spiro atoms. The van der Waals surface area contributed by atoms with Gasteiger partial charge in [0.05, 0.1) is 0 Å². The highest BCUT2D eigenvalue weighted by molar-refractivity contribution is 5.71. The predicted molar refractivity (Wildman–Crippen MR) is 133 cm³/mol. The summed E-state index contributed by atoms with van der Waals surface area (Å²) in [6.45, 7) is 3.72. The summed E-state index contributed by atoms with van der Waals surface area (Å²) in [6.07, 6.45) is 0. The number of rotatable bonds is 3. The van der Waals surface area contributed by atoms with Gasteiger partial charge in [0.25, 0.3) is 0 Å². The van der Waals surface area contributed by atoms with Gasteiger partial charge in [-0.15, -0.1) is 0 Å². The van der Waals surface area contributed by atoms with E-state index in [0.29, 0.717) is 12.2 Å². The van der Waals surface area contributed by atoms with Gasteiger partial charge in [-0.1, -0.05) is 67.2 Å². The van der Waals surface area contributed by atoms with Gasteiger partial charge in [0.15, 0.2) is 0 Å². The molecule has 170 valence electrons. The van der Waals surface area contributed by atoms with Crippen LogP contribution in [0.25, 0.3) is 22.3 Å². The van der Waals surface area contributed by atoms with E-state index in [1.165, 1.54) is 12.1 Å². The van der Waals surface area contributed by atoms with Crippen LogP contribution in [-0.2, 0) is 0 Å². The third-order valence-electron chi connectivity index (χ3n) is 4.39. The summed E-state index contributed by atoms with van der Waals surface area (Å²) in [5.41, 5.74) is 13.8. The molecule has 6 heteroatoms. The van der Waals surface area contributed by atoms with Crippen LogP contribution in [0.5, 0.6) is 23.0 Å². The Kier molecular flexibility index (Phi) is 9.36. The van der Waals surface area contributed by atoms with E-state index in [1.807, 2.05) is 60.7 Å². The molecular formula is C27H28N2O4. The molecule has 0 amide bonds. The Morgan fingerprint density at radius 3 is 1.21 bits per heavy atom. The first-order valence-corrected chi connectivity index (χ1v) is 10.1. The summed E-state index contributed by atoms with van der Waals surface area (Å²) in [5, 5.41) is 37.4. The molecular weight excluding hydrogens is 416 g/mol. The van der Waals surface area contributed by atoms with Crippen molar-refractivity contribution < 1.29 is 20.4 Å². The highest BCUT2D eigenvalue weighted by Crippen LogP contribution is 2.32. The fourth-order valence-corrected chi connectivity index (χ4v) is 2.76. The number of hydrogen-bond acceptors (Lipinski definition) is 6. The second kappa shape index (κ2) is 12.4. The molecule has 4 aromatic rings. The first-order valence-electron chi connectivity index (χ1n) is 10.1. The number of phenolic OH excluding ortho intramolecular Hbond substituents is 4. The van der Waals surface area contributed by atoms with Crippen LogP contribution in [0, 0.1) is 0 Å². The lowest BCUT2D eigenvalue weighted by atomic mass is 10.0. The topological polar surface area (TPSA) is 133 Å². The fourth-order valence-electron chi connectivity index (χ4n) is 2.76. The molecule has 0 aliphatic carbocycles. The van der Waals surface area contributed by atoms with Crippen LogP contribution >= 0.6 is 0 Å². The third kappa shape index (κ3) is 7.97. The van der Waals surface area contributed by atoms with Gasteiger partial charge in [-0.2, -0.15) is 0 Å². The molecule has 0 radical (unpaired) electrons. The number of hydrogen-bond donors (Lipinski definition) is 6. The van der Waals surface area contributed by atoms with E-state index in [1.54, 1.807) is 24.3 Å². The van der Waals surface area contributed by atoms with Crippen LogP contribution in [0.1, 0.15) is 0 Å². The van der Waals surface area contributed by atoms with Gasteiger partial charge in [-0.05, 0) is 35.4 Å². The van der Waals surface area contributed by atoms with Gasteiger partial charge in [0.2, 0.25) is 0 Å². The van der Waals surface area contributed by atoms with Crippen LogP contribution in [0.2, 0.25) is 0 Å². The Labute approximate surface area is 193 Å². The van der Waals surface area contributed by atoms with Gasteiger partial charge in [-0.25, -0.2) is 0 Å². The molecule has 0 saturated carbocycles. The normalized spacial score (nSPS) is 9.61. The van der Waals surface area contributed by atoms with E-state index in [9.17, 15) is 10.2 Å². The van der Waals surface area contributed by atoms with Crippen LogP contribution < -0.4 is 11.5 Å². The number of benzene rings is 4. The van der Waals surface area contributed by atoms with Crippen molar-refractivity contribution >= 4 is 0 Å². The Hall–Kier alpha value is -4.42. The predicted octanol–water partition coefficient (Wildman–Crippen LogP) is 4.95. The average molecular weight is 445 g/mol. The molecule has 4 aromatic carbocycles. The van der Waals surface area contributed by atoms with Gasteiger partial charge in [0, 0.05) is 35.5 Å². The standard InChI is InChI=1S/2C12H10O2.C3H8N2/c2*13-10-6-7-11(12(14)8-10)9-4-2-1-3-5-9;1-3(5)2-4/h2*1-8,13-14H;1-2,4-5H2. The van der Waals surface area contributed by atoms with Crippen LogP contribution in [0.3, 0.4) is 0 Å². The molecule has 0 heterocycles. The van der Waals surface area contributed by atoms with Gasteiger partial charge in [-0.3, -0.25) is 0 Å². The Morgan fingerprint density at radius 1 is 0.606 bits per heavy atom. The maximum absolute atomic E-state index is 9.58. The van der Waals surface area contributed by atoms with E-state index in [-0.39, 0.29) is 23.0 Å². The Bertz CT molecular complexity index is 1080. The minimum Gasteiger partial charge on any atom is -0.508 e. The average Bonchev–Trinajstić information content (AvgIpc) is 2.81. The van der Waals surface area contributed by atoms with Crippen molar-refractivity contribution in [3.05, 3.63) is 109 Å². The molecule has 8 N–H and O–H groups in total. The monoisotopic (exact) mass is 444 g/mol. The van der Waals surface area contributed by atoms with Crippen LogP contribution in [0.15, 0.2) is 109 Å². The maximum atomic E-state index is 9.58. The quantitative estimate of drug-likeness (QED) is 0.265. The highest BCUT2D eigenvalue weighted by atomic mass is 16.3. The molecule has 0 fully saturated rings. The zero-order valence-electron chi connectivity index (χ0n) is 18.1. The first-order chi connectivity index (χ1) is 15.8. The Balaban J connectivity index is 0.000000195. The SMILES string of the molecule is C=C(N)CN.Oc1ccc(-c2ccccc2)c(O)c1.Oc1ccc(-c2ccccc2)c(O)c1. The number of aromatic hydroxyl groups is 4. The van der Waals surface area contributed by atoms with Gasteiger partial charge < -0.3 is 31.9 Å². The second-order valence-corrected chi connectivity index (χ2v) is 7.00. The molecule has 0 bridgehead atoms. The summed E-state index contributed by atoms with van der Waals surface area (Å²) in [6, 6.07) is 28.3. The summed E-state index contributed by atoms with van der Waals surface area (Å²) >= 11 is 0. The summed E-state index contributed by atoms with van der Waals surface area (Å²) in [5.74, 6) is 0.330. The fraction of sp³-hybridized carbons (Fsp3) is 0.0370. The van der Waals surface area contributed by atoms with Crippen molar-refractivity contribution in [3.8, 4) is 45.3 Å². The molecule has 0 atom stereocenters. The van der Waals surface area contributed by atoms with Crippen LogP contribution in [-0.4, -0.2) is 27.0 Å². The second-order valence-electron chi connectivity index (χ2n) is 7.00. The zero-order valence-corrected chi connectivity index (χ0v) is 18.1. The van der Waals surface area contributed by atoms with E-state index in [2.05, 4.69) is 6.58 Å². The molecule has 0 aliphatic rings. The lowest BCUT2D eigenvalue weighted by Gasteiger charge is -2.04. The zero-order chi connectivity index (χ0) is 24.2. The molecule has 0 unspecified atom stereocenters. The summed E-state index contributed by atoms with van der Waals surface area (Å²) < 4.78 is 0. The number of nitrogens with two attached hydrogens (primary N) is 2. The smallest absolute Gasteiger partial charge is 0.127 e. The lowest BCUT2D eigenvalue weighted by Crippen LogP contribution is -2.08. The van der Waals surface area contributed by atoms with Crippen molar-refractivity contribution in [2.45, 2.75) is 0 Å². The first kappa shape index (κ1) is 24.8. The molecule has 0 saturated heterocycles. The summed E-state index contributed by atoms with van der Waals surface area (Å²) in [7, 11) is 0. The largest absolute Gasteiger partial charge is 0.508 e. The third-order valence-corrected chi connectivity index (χ3v) is 4.39. The van der Waals surface area contributed by atoms with Gasteiger partial charge >= 0.3 is 0 Å². The molecule has 0 aliphatic heterocycles. The van der Waals surface area contributed by atoms with Crippen molar-refractivity contribution in [3.63, 3.8) is 0 Å².